The fraction of sp³-hybridized carbons (Fsp3) is 0.0476. The van der Waals surface area contributed by atoms with Crippen molar-refractivity contribution in [3.8, 4) is 11.1 Å². The maximum atomic E-state index is 13.3. The van der Waals surface area contributed by atoms with Crippen LogP contribution in [-0.2, 0) is 9.84 Å². The topological polar surface area (TPSA) is 96.9 Å². The van der Waals surface area contributed by atoms with Crippen molar-refractivity contribution in [2.24, 2.45) is 5.73 Å². The van der Waals surface area contributed by atoms with Gasteiger partial charge in [0.1, 0.15) is 5.84 Å². The van der Waals surface area contributed by atoms with Crippen LogP contribution in [0, 0.1) is 5.41 Å². The summed E-state index contributed by atoms with van der Waals surface area (Å²) in [5.41, 5.74) is 8.11. The normalized spacial score (nSPS) is 11.6. The molecule has 0 fully saturated rings. The number of nitrogens with two attached hydrogens (primary N) is 1. The summed E-state index contributed by atoms with van der Waals surface area (Å²) in [4.78, 5) is 5.23. The Morgan fingerprint density at radius 1 is 1.07 bits per heavy atom. The van der Waals surface area contributed by atoms with Gasteiger partial charge in [0, 0.05) is 11.6 Å². The van der Waals surface area contributed by atoms with E-state index in [2.05, 4.69) is 4.98 Å². The van der Waals surface area contributed by atoms with Crippen LogP contribution in [0.5, 0.6) is 0 Å². The lowest BCUT2D eigenvalue weighted by Gasteiger charge is -2.08. The van der Waals surface area contributed by atoms with E-state index >= 15 is 0 Å². The van der Waals surface area contributed by atoms with Gasteiger partial charge in [0.2, 0.25) is 9.84 Å². The van der Waals surface area contributed by atoms with E-state index < -0.39 is 9.84 Å². The second kappa shape index (κ2) is 7.62. The number of nitrogen functional groups attached to an aromatic ring is 1. The van der Waals surface area contributed by atoms with Crippen molar-refractivity contribution in [3.05, 3.63) is 71.7 Å². The van der Waals surface area contributed by atoms with Crippen LogP contribution in [-0.4, -0.2) is 25.5 Å². The van der Waals surface area contributed by atoms with Crippen LogP contribution in [0.25, 0.3) is 22.0 Å². The number of amidine groups is 1. The fourth-order valence-corrected chi connectivity index (χ4v) is 6.94. The smallest absolute Gasteiger partial charge is 0.208 e. The van der Waals surface area contributed by atoms with E-state index in [0.717, 1.165) is 22.0 Å². The zero-order chi connectivity index (χ0) is 20.6. The number of thioether (sulfide) groups is 1. The number of benzene rings is 2. The van der Waals surface area contributed by atoms with E-state index in [9.17, 15) is 8.42 Å². The predicted octanol–water partition coefficient (Wildman–Crippen LogP) is 4.80. The van der Waals surface area contributed by atoms with Gasteiger partial charge in [0.05, 0.1) is 24.4 Å². The zero-order valence-electron chi connectivity index (χ0n) is 15.4. The van der Waals surface area contributed by atoms with E-state index in [-0.39, 0.29) is 15.6 Å². The molecule has 29 heavy (non-hydrogen) atoms. The number of aromatic nitrogens is 1. The first-order valence-corrected chi connectivity index (χ1v) is 12.1. The summed E-state index contributed by atoms with van der Waals surface area (Å²) < 4.78 is 27.3. The van der Waals surface area contributed by atoms with Gasteiger partial charge in [-0.2, -0.15) is 0 Å². The van der Waals surface area contributed by atoms with Gasteiger partial charge in [-0.05, 0) is 47.7 Å². The quantitative estimate of drug-likeness (QED) is 0.264. The lowest BCUT2D eigenvalue weighted by molar-refractivity contribution is 0.595. The largest absolute Gasteiger partial charge is 0.383 e. The number of rotatable bonds is 5. The Hall–Kier alpha value is -2.68. The summed E-state index contributed by atoms with van der Waals surface area (Å²) in [5.74, 6) is -0.135. The van der Waals surface area contributed by atoms with E-state index in [1.807, 2.05) is 42.7 Å². The van der Waals surface area contributed by atoms with Crippen LogP contribution < -0.4 is 5.73 Å². The molecule has 0 unspecified atom stereocenters. The van der Waals surface area contributed by atoms with E-state index in [4.69, 9.17) is 11.1 Å². The minimum absolute atomic E-state index is 0.135. The molecule has 0 atom stereocenters. The molecule has 0 aliphatic heterocycles. The van der Waals surface area contributed by atoms with Gasteiger partial charge in [0.15, 0.2) is 0 Å². The standard InChI is InChI=1S/C21H17N3O2S3/c1-27-21-19(12-18(28-21)20(22)23)29(25,26)16-6-2-4-14(10-16)15-8-7-13-5-3-9-24-17(13)11-15/h2-12H,1H3,(H3,22,23). The highest BCUT2D eigenvalue weighted by Gasteiger charge is 2.25. The van der Waals surface area contributed by atoms with Crippen molar-refractivity contribution in [2.45, 2.75) is 14.0 Å². The second-order valence-electron chi connectivity index (χ2n) is 6.32. The zero-order valence-corrected chi connectivity index (χ0v) is 17.9. The summed E-state index contributed by atoms with van der Waals surface area (Å²) in [5, 5.41) is 8.65. The summed E-state index contributed by atoms with van der Waals surface area (Å²) >= 11 is 2.55. The van der Waals surface area contributed by atoms with Crippen LogP contribution in [0.2, 0.25) is 0 Å². The van der Waals surface area contributed by atoms with Crippen LogP contribution in [0.1, 0.15) is 4.88 Å². The molecule has 4 rings (SSSR count). The molecule has 0 radical (unpaired) electrons. The van der Waals surface area contributed by atoms with Crippen LogP contribution in [0.3, 0.4) is 0 Å². The Labute approximate surface area is 177 Å². The first kappa shape index (κ1) is 19.6. The molecule has 8 heteroatoms. The first-order valence-electron chi connectivity index (χ1n) is 8.62. The number of pyridine rings is 1. The minimum atomic E-state index is -3.75. The van der Waals surface area contributed by atoms with Crippen molar-refractivity contribution >= 4 is 49.7 Å². The molecule has 5 nitrogen and oxygen atoms in total. The number of hydrogen-bond acceptors (Lipinski definition) is 6. The average Bonchev–Trinajstić information content (AvgIpc) is 3.19. The number of nitrogens with one attached hydrogen (secondary N) is 1. The highest BCUT2D eigenvalue weighted by atomic mass is 32.2. The highest BCUT2D eigenvalue weighted by Crippen LogP contribution is 2.37. The van der Waals surface area contributed by atoms with Crippen molar-refractivity contribution in [1.29, 1.82) is 5.41 Å². The van der Waals surface area contributed by atoms with E-state index in [1.165, 1.54) is 29.2 Å². The second-order valence-corrected chi connectivity index (χ2v) is 10.4. The van der Waals surface area contributed by atoms with Crippen molar-refractivity contribution in [3.63, 3.8) is 0 Å². The summed E-state index contributed by atoms with van der Waals surface area (Å²) in [6, 6.07) is 18.1. The fourth-order valence-electron chi connectivity index (χ4n) is 3.04. The average molecular weight is 440 g/mol. The van der Waals surface area contributed by atoms with Gasteiger partial charge in [-0.15, -0.1) is 23.1 Å². The minimum Gasteiger partial charge on any atom is -0.383 e. The molecule has 2 aromatic carbocycles. The lowest BCUT2D eigenvalue weighted by atomic mass is 10.0. The Bertz CT molecular complexity index is 1340. The van der Waals surface area contributed by atoms with Crippen LogP contribution >= 0.6 is 23.1 Å². The molecular formula is C21H17N3O2S3. The molecule has 4 aromatic rings. The number of thiophene rings is 1. The third-order valence-corrected chi connectivity index (χ3v) is 8.83. The predicted molar refractivity (Wildman–Crippen MR) is 120 cm³/mol. The van der Waals surface area contributed by atoms with E-state index in [0.29, 0.717) is 9.09 Å². The molecule has 0 aliphatic carbocycles. The number of sulfone groups is 1. The molecule has 0 amide bonds. The molecule has 2 aromatic heterocycles. The third-order valence-electron chi connectivity index (χ3n) is 4.49. The van der Waals surface area contributed by atoms with Gasteiger partial charge in [-0.3, -0.25) is 10.4 Å². The van der Waals surface area contributed by atoms with Crippen molar-refractivity contribution < 1.29 is 8.42 Å². The number of fused-ring (bicyclic) bond motifs is 1. The summed E-state index contributed by atoms with van der Waals surface area (Å²) in [7, 11) is -3.75. The van der Waals surface area contributed by atoms with Gasteiger partial charge < -0.3 is 5.73 Å². The van der Waals surface area contributed by atoms with Crippen molar-refractivity contribution in [2.75, 3.05) is 6.26 Å². The van der Waals surface area contributed by atoms with E-state index in [1.54, 1.807) is 24.4 Å². The SMILES string of the molecule is CSc1sc(C(=N)N)cc1S(=O)(=O)c1cccc(-c2ccc3cccnc3c2)c1. The molecule has 3 N–H and O–H groups in total. The third kappa shape index (κ3) is 3.66. The molecular weight excluding hydrogens is 422 g/mol. The summed E-state index contributed by atoms with van der Waals surface area (Å²) in [6.45, 7) is 0. The molecule has 146 valence electrons. The van der Waals surface area contributed by atoms with Gasteiger partial charge in [0.25, 0.3) is 0 Å². The first-order chi connectivity index (χ1) is 13.9. The van der Waals surface area contributed by atoms with Crippen molar-refractivity contribution in [1.82, 2.24) is 4.98 Å². The Morgan fingerprint density at radius 3 is 2.62 bits per heavy atom. The lowest BCUT2D eigenvalue weighted by Crippen LogP contribution is -2.08. The monoisotopic (exact) mass is 439 g/mol. The Kier molecular flexibility index (Phi) is 5.16. The maximum absolute atomic E-state index is 13.3. The molecule has 0 saturated carbocycles. The molecule has 0 saturated heterocycles. The number of nitrogens with zero attached hydrogens (tertiary/aromatic N) is 1. The van der Waals surface area contributed by atoms with Gasteiger partial charge >= 0.3 is 0 Å². The maximum Gasteiger partial charge on any atom is 0.208 e. The highest BCUT2D eigenvalue weighted by molar-refractivity contribution is 8.01. The number of hydrogen-bond donors (Lipinski definition) is 2. The van der Waals surface area contributed by atoms with Crippen LogP contribution in [0.15, 0.2) is 80.9 Å². The molecule has 0 aliphatic rings. The molecule has 0 spiro atoms. The summed E-state index contributed by atoms with van der Waals surface area (Å²) in [6.07, 6.45) is 3.55. The van der Waals surface area contributed by atoms with Crippen LogP contribution in [0.4, 0.5) is 0 Å². The Morgan fingerprint density at radius 2 is 1.86 bits per heavy atom. The Balaban J connectivity index is 1.81. The molecule has 0 bridgehead atoms. The van der Waals surface area contributed by atoms with Gasteiger partial charge in [-0.1, -0.05) is 30.3 Å². The molecule has 2 heterocycles. The van der Waals surface area contributed by atoms with Gasteiger partial charge in [-0.25, -0.2) is 8.42 Å².